The lowest BCUT2D eigenvalue weighted by Crippen LogP contribution is -2.47. The predicted molar refractivity (Wildman–Crippen MR) is 124 cm³/mol. The second-order valence-electron chi connectivity index (χ2n) is 6.23. The van der Waals surface area contributed by atoms with E-state index < -0.39 is 0 Å². The molecule has 1 saturated heterocycles. The van der Waals surface area contributed by atoms with E-state index in [0.29, 0.717) is 6.54 Å². The zero-order valence-corrected chi connectivity index (χ0v) is 19.8. The van der Waals surface area contributed by atoms with Crippen LogP contribution in [-0.4, -0.2) is 57.5 Å². The van der Waals surface area contributed by atoms with Crippen LogP contribution in [0.5, 0.6) is 11.5 Å². The molecule has 154 valence electrons. The van der Waals surface area contributed by atoms with Gasteiger partial charge < -0.3 is 24.8 Å². The summed E-state index contributed by atoms with van der Waals surface area (Å²) >= 11 is 1.92. The van der Waals surface area contributed by atoms with Crippen molar-refractivity contribution in [2.45, 2.75) is 31.1 Å². The Kier molecular flexibility index (Phi) is 11.2. The number of ether oxygens (including phenoxy) is 3. The highest BCUT2D eigenvalue weighted by atomic mass is 127. The van der Waals surface area contributed by atoms with Crippen LogP contribution in [0.1, 0.15) is 25.3 Å². The summed E-state index contributed by atoms with van der Waals surface area (Å²) in [6.07, 6.45) is 4.30. The molecule has 27 heavy (non-hydrogen) atoms. The van der Waals surface area contributed by atoms with Crippen LogP contribution < -0.4 is 20.1 Å². The molecule has 1 aromatic carbocycles. The van der Waals surface area contributed by atoms with E-state index in [-0.39, 0.29) is 28.7 Å². The fraction of sp³-hybridized carbons (Fsp3) is 0.632. The Balaban J connectivity index is 0.00000364. The van der Waals surface area contributed by atoms with Crippen molar-refractivity contribution in [2.24, 2.45) is 4.99 Å². The third kappa shape index (κ3) is 7.23. The molecule has 1 fully saturated rings. The van der Waals surface area contributed by atoms with Gasteiger partial charge in [-0.3, -0.25) is 0 Å². The molecule has 2 rings (SSSR count). The maximum absolute atomic E-state index is 5.52. The van der Waals surface area contributed by atoms with E-state index in [1.54, 1.807) is 14.2 Å². The SMILES string of the molecule is CCNC(=NCc1ccc(OC)cc1OC)NCC1(SC)CCOCC1.I. The summed E-state index contributed by atoms with van der Waals surface area (Å²) in [7, 11) is 3.32. The van der Waals surface area contributed by atoms with Gasteiger partial charge in [0.1, 0.15) is 11.5 Å². The molecule has 1 heterocycles. The van der Waals surface area contributed by atoms with Crippen molar-refractivity contribution in [2.75, 3.05) is 46.8 Å². The normalized spacial score (nSPS) is 16.2. The summed E-state index contributed by atoms with van der Waals surface area (Å²) < 4.78 is 16.4. The first kappa shape index (κ1) is 24.2. The van der Waals surface area contributed by atoms with Crippen molar-refractivity contribution in [3.63, 3.8) is 0 Å². The van der Waals surface area contributed by atoms with E-state index in [4.69, 9.17) is 19.2 Å². The molecule has 0 bridgehead atoms. The molecular weight excluding hydrogens is 477 g/mol. The molecule has 0 amide bonds. The van der Waals surface area contributed by atoms with Gasteiger partial charge in [-0.1, -0.05) is 0 Å². The summed E-state index contributed by atoms with van der Waals surface area (Å²) in [5.74, 6) is 2.39. The lowest BCUT2D eigenvalue weighted by atomic mass is 9.99. The van der Waals surface area contributed by atoms with Crippen molar-refractivity contribution in [1.82, 2.24) is 10.6 Å². The Hall–Kier alpha value is -0.870. The molecule has 1 aliphatic rings. The van der Waals surface area contributed by atoms with Gasteiger partial charge in [-0.25, -0.2) is 4.99 Å². The highest BCUT2D eigenvalue weighted by Gasteiger charge is 2.31. The van der Waals surface area contributed by atoms with E-state index >= 15 is 0 Å². The summed E-state index contributed by atoms with van der Waals surface area (Å²) in [5, 5.41) is 6.84. The van der Waals surface area contributed by atoms with Crippen LogP contribution in [0.15, 0.2) is 23.2 Å². The van der Waals surface area contributed by atoms with E-state index in [1.807, 2.05) is 30.0 Å². The summed E-state index contributed by atoms with van der Waals surface area (Å²) in [4.78, 5) is 4.73. The van der Waals surface area contributed by atoms with Gasteiger partial charge in [0, 0.05) is 42.7 Å². The molecule has 0 radical (unpaired) electrons. The molecule has 8 heteroatoms. The quantitative estimate of drug-likeness (QED) is 0.319. The summed E-state index contributed by atoms with van der Waals surface area (Å²) in [5.41, 5.74) is 1.02. The maximum Gasteiger partial charge on any atom is 0.191 e. The number of hydrogen-bond acceptors (Lipinski definition) is 5. The maximum atomic E-state index is 5.52. The molecule has 0 unspecified atom stereocenters. The molecule has 0 aromatic heterocycles. The Labute approximate surface area is 184 Å². The van der Waals surface area contributed by atoms with Crippen molar-refractivity contribution in [1.29, 1.82) is 0 Å². The molecule has 0 spiro atoms. The molecule has 1 aliphatic heterocycles. The van der Waals surface area contributed by atoms with Gasteiger partial charge in [-0.15, -0.1) is 24.0 Å². The first-order valence-electron chi connectivity index (χ1n) is 9.02. The standard InChI is InChI=1S/C19H31N3O3S.HI/c1-5-20-18(22-14-19(26-4)8-10-25-11-9-19)21-13-15-6-7-16(23-2)12-17(15)24-3;/h6-7,12H,5,8-11,13-14H2,1-4H3,(H2,20,21,22);1H. The van der Waals surface area contributed by atoms with Gasteiger partial charge in [0.15, 0.2) is 5.96 Å². The second kappa shape index (κ2) is 12.6. The number of hydrogen-bond donors (Lipinski definition) is 2. The van der Waals surface area contributed by atoms with Crippen LogP contribution >= 0.6 is 35.7 Å². The summed E-state index contributed by atoms with van der Waals surface area (Å²) in [6.45, 7) is 5.98. The number of halogens is 1. The minimum absolute atomic E-state index is 0. The fourth-order valence-electron chi connectivity index (χ4n) is 2.93. The minimum atomic E-state index is 0. The third-order valence-corrected chi connectivity index (χ3v) is 6.08. The Morgan fingerprint density at radius 3 is 2.56 bits per heavy atom. The van der Waals surface area contributed by atoms with E-state index in [9.17, 15) is 0 Å². The number of guanidine groups is 1. The Bertz CT molecular complexity index is 596. The van der Waals surface area contributed by atoms with Crippen LogP contribution in [0.25, 0.3) is 0 Å². The average molecular weight is 509 g/mol. The number of benzene rings is 1. The van der Waals surface area contributed by atoms with Gasteiger partial charge in [0.05, 0.1) is 20.8 Å². The summed E-state index contributed by atoms with van der Waals surface area (Å²) in [6, 6.07) is 5.81. The monoisotopic (exact) mass is 509 g/mol. The van der Waals surface area contributed by atoms with Gasteiger partial charge in [0.2, 0.25) is 0 Å². The lowest BCUT2D eigenvalue weighted by molar-refractivity contribution is 0.0783. The van der Waals surface area contributed by atoms with Crippen molar-refractivity contribution in [3.05, 3.63) is 23.8 Å². The van der Waals surface area contributed by atoms with E-state index in [2.05, 4.69) is 23.8 Å². The Morgan fingerprint density at radius 1 is 1.22 bits per heavy atom. The van der Waals surface area contributed by atoms with Crippen molar-refractivity contribution in [3.8, 4) is 11.5 Å². The average Bonchev–Trinajstić information content (AvgIpc) is 2.70. The molecule has 2 N–H and O–H groups in total. The topological polar surface area (TPSA) is 64.1 Å². The van der Waals surface area contributed by atoms with E-state index in [1.165, 1.54) is 0 Å². The van der Waals surface area contributed by atoms with Gasteiger partial charge in [-0.05, 0) is 38.2 Å². The van der Waals surface area contributed by atoms with Crippen LogP contribution in [0.2, 0.25) is 0 Å². The molecule has 0 atom stereocenters. The number of thioether (sulfide) groups is 1. The highest BCUT2D eigenvalue weighted by Crippen LogP contribution is 2.33. The third-order valence-electron chi connectivity index (χ3n) is 4.66. The van der Waals surface area contributed by atoms with Crippen LogP contribution in [0, 0.1) is 0 Å². The molecule has 0 aliphatic carbocycles. The number of nitrogens with zero attached hydrogens (tertiary/aromatic N) is 1. The van der Waals surface area contributed by atoms with Gasteiger partial charge in [0.25, 0.3) is 0 Å². The predicted octanol–water partition coefficient (Wildman–Crippen LogP) is 3.29. The fourth-order valence-corrected chi connectivity index (χ4v) is 3.72. The second-order valence-corrected chi connectivity index (χ2v) is 7.50. The highest BCUT2D eigenvalue weighted by molar-refractivity contribution is 14.0. The van der Waals surface area contributed by atoms with Crippen molar-refractivity contribution < 1.29 is 14.2 Å². The zero-order chi connectivity index (χ0) is 18.8. The van der Waals surface area contributed by atoms with Gasteiger partial charge in [-0.2, -0.15) is 11.8 Å². The van der Waals surface area contributed by atoms with E-state index in [0.717, 1.165) is 62.2 Å². The number of nitrogens with one attached hydrogen (secondary N) is 2. The first-order valence-corrected chi connectivity index (χ1v) is 10.2. The minimum Gasteiger partial charge on any atom is -0.497 e. The molecule has 0 saturated carbocycles. The molecule has 6 nitrogen and oxygen atoms in total. The lowest BCUT2D eigenvalue weighted by Gasteiger charge is -2.36. The van der Waals surface area contributed by atoms with Crippen LogP contribution in [0.4, 0.5) is 0 Å². The van der Waals surface area contributed by atoms with Crippen LogP contribution in [0.3, 0.4) is 0 Å². The largest absolute Gasteiger partial charge is 0.497 e. The number of rotatable bonds is 8. The molecular formula is C19H32IN3O3S. The molecule has 1 aromatic rings. The first-order chi connectivity index (χ1) is 12.7. The van der Waals surface area contributed by atoms with Crippen LogP contribution in [-0.2, 0) is 11.3 Å². The smallest absolute Gasteiger partial charge is 0.191 e. The number of aliphatic imine (C=N–C) groups is 1. The Morgan fingerprint density at radius 2 is 1.96 bits per heavy atom. The zero-order valence-electron chi connectivity index (χ0n) is 16.7. The van der Waals surface area contributed by atoms with Gasteiger partial charge >= 0.3 is 0 Å². The number of methoxy groups -OCH3 is 2. The van der Waals surface area contributed by atoms with Crippen molar-refractivity contribution >= 4 is 41.7 Å².